The minimum Gasteiger partial charge on any atom is -0.504 e. The van der Waals surface area contributed by atoms with Crippen molar-refractivity contribution in [3.05, 3.63) is 44.6 Å². The fraction of sp³-hybridized carbons (Fsp3) is 0.444. The quantitative estimate of drug-likeness (QED) is 0.853. The van der Waals surface area contributed by atoms with E-state index in [1.807, 2.05) is 17.4 Å². The molecular weight excluding hydrogens is 330 g/mol. The van der Waals surface area contributed by atoms with Gasteiger partial charge in [0.1, 0.15) is 0 Å². The Hall–Kier alpha value is -1.23. The molecule has 0 saturated heterocycles. The van der Waals surface area contributed by atoms with E-state index in [1.165, 1.54) is 20.9 Å². The molecule has 2 aromatic rings. The van der Waals surface area contributed by atoms with Crippen molar-refractivity contribution in [1.82, 2.24) is 4.90 Å². The van der Waals surface area contributed by atoms with Gasteiger partial charge in [-0.05, 0) is 42.5 Å². The summed E-state index contributed by atoms with van der Waals surface area (Å²) in [5, 5.41) is 10.0. The molecule has 0 spiro atoms. The number of phenols is 1. The lowest BCUT2D eigenvalue weighted by Crippen LogP contribution is -2.38. The minimum atomic E-state index is 0.238. The average molecular weight is 350 g/mol. The second-order valence-corrected chi connectivity index (χ2v) is 7.83. The van der Waals surface area contributed by atoms with E-state index < -0.39 is 0 Å². The number of methoxy groups -OCH3 is 1. The van der Waals surface area contributed by atoms with Crippen LogP contribution >= 0.6 is 22.9 Å². The fourth-order valence-corrected chi connectivity index (χ4v) is 5.41. The molecule has 1 N–H and O–H groups in total. The molecule has 1 aromatic heterocycles. The molecule has 0 saturated carbocycles. The van der Waals surface area contributed by atoms with Gasteiger partial charge in [-0.15, -0.1) is 22.9 Å². The third-order valence-electron chi connectivity index (χ3n) is 4.97. The van der Waals surface area contributed by atoms with Crippen LogP contribution in [0.15, 0.2) is 18.2 Å². The second kappa shape index (κ2) is 6.00. The van der Waals surface area contributed by atoms with Crippen LogP contribution in [0.1, 0.15) is 32.5 Å². The highest BCUT2D eigenvalue weighted by Crippen LogP contribution is 2.45. The summed E-state index contributed by atoms with van der Waals surface area (Å²) in [6.45, 7) is 1.91. The molecule has 0 bridgehead atoms. The van der Waals surface area contributed by atoms with Crippen molar-refractivity contribution in [2.24, 2.45) is 0 Å². The lowest BCUT2D eigenvalue weighted by Gasteiger charge is -2.40. The first-order chi connectivity index (χ1) is 11.2. The predicted molar refractivity (Wildman–Crippen MR) is 94.0 cm³/mol. The largest absolute Gasteiger partial charge is 0.504 e. The van der Waals surface area contributed by atoms with Crippen molar-refractivity contribution >= 4 is 22.9 Å². The van der Waals surface area contributed by atoms with Crippen LogP contribution in [0.2, 0.25) is 0 Å². The summed E-state index contributed by atoms with van der Waals surface area (Å²) in [6.07, 6.45) is 3.05. The maximum Gasteiger partial charge on any atom is 0.165 e. The summed E-state index contributed by atoms with van der Waals surface area (Å²) >= 11 is 7.84. The molecule has 4 rings (SSSR count). The van der Waals surface area contributed by atoms with Crippen LogP contribution in [-0.2, 0) is 25.8 Å². The smallest absolute Gasteiger partial charge is 0.165 e. The summed E-state index contributed by atoms with van der Waals surface area (Å²) in [4.78, 5) is 5.45. The van der Waals surface area contributed by atoms with E-state index >= 15 is 0 Å². The molecule has 122 valence electrons. The topological polar surface area (TPSA) is 32.7 Å². The Morgan fingerprint density at radius 1 is 1.43 bits per heavy atom. The third kappa shape index (κ3) is 2.53. The van der Waals surface area contributed by atoms with Crippen molar-refractivity contribution in [2.45, 2.75) is 31.8 Å². The highest BCUT2D eigenvalue weighted by molar-refractivity contribution is 7.12. The van der Waals surface area contributed by atoms with Crippen LogP contribution < -0.4 is 4.74 Å². The molecule has 23 heavy (non-hydrogen) atoms. The summed E-state index contributed by atoms with van der Waals surface area (Å²) in [7, 11) is 1.63. The first-order valence-electron chi connectivity index (χ1n) is 8.00. The zero-order chi connectivity index (χ0) is 16.0. The monoisotopic (exact) mass is 349 g/mol. The van der Waals surface area contributed by atoms with Crippen LogP contribution in [0.5, 0.6) is 11.5 Å². The minimum absolute atomic E-state index is 0.238. The number of ether oxygens (including phenoxy) is 1. The Morgan fingerprint density at radius 3 is 3.09 bits per heavy atom. The maximum absolute atomic E-state index is 10.0. The molecule has 3 nitrogen and oxygen atoms in total. The van der Waals surface area contributed by atoms with E-state index in [4.69, 9.17) is 16.3 Å². The standard InChI is InChI=1S/C18H20ClNO2S/c1-22-18-14-10-20-7-5-17-13(9-12(23-17)4-6-19)15(20)8-11(14)2-3-16(18)21/h2-3,9,15,21H,4-8,10H2,1H3. The molecule has 0 radical (unpaired) electrons. The Balaban J connectivity index is 1.72. The van der Waals surface area contributed by atoms with Crippen LogP contribution in [-0.4, -0.2) is 29.5 Å². The fourth-order valence-electron chi connectivity index (χ4n) is 3.88. The Labute approximate surface area is 145 Å². The number of halogens is 1. The van der Waals surface area contributed by atoms with Crippen molar-refractivity contribution < 1.29 is 9.84 Å². The van der Waals surface area contributed by atoms with Gasteiger partial charge >= 0.3 is 0 Å². The van der Waals surface area contributed by atoms with Gasteiger partial charge in [-0.25, -0.2) is 0 Å². The number of alkyl halides is 1. The Kier molecular flexibility index (Phi) is 4.00. The van der Waals surface area contributed by atoms with E-state index in [1.54, 1.807) is 13.2 Å². The third-order valence-corrected chi connectivity index (χ3v) is 6.43. The number of aryl methyl sites for hydroxylation is 1. The predicted octanol–water partition coefficient (Wildman–Crippen LogP) is 3.90. The summed E-state index contributed by atoms with van der Waals surface area (Å²) in [5.41, 5.74) is 3.92. The number of benzene rings is 1. The van der Waals surface area contributed by atoms with Gasteiger partial charge in [0.05, 0.1) is 7.11 Å². The highest BCUT2D eigenvalue weighted by atomic mass is 35.5. The van der Waals surface area contributed by atoms with E-state index in [0.717, 1.165) is 37.9 Å². The molecule has 0 aliphatic carbocycles. The molecule has 2 aliphatic heterocycles. The van der Waals surface area contributed by atoms with Crippen molar-refractivity contribution in [3.63, 3.8) is 0 Å². The van der Waals surface area contributed by atoms with Gasteiger partial charge < -0.3 is 9.84 Å². The average Bonchev–Trinajstić information content (AvgIpc) is 2.96. The van der Waals surface area contributed by atoms with Gasteiger partial charge in [0.2, 0.25) is 0 Å². The number of thiophene rings is 1. The van der Waals surface area contributed by atoms with Gasteiger partial charge in [0.15, 0.2) is 11.5 Å². The van der Waals surface area contributed by atoms with Crippen LogP contribution in [0.4, 0.5) is 0 Å². The molecule has 0 amide bonds. The van der Waals surface area contributed by atoms with Crippen LogP contribution in [0.25, 0.3) is 0 Å². The highest BCUT2D eigenvalue weighted by Gasteiger charge is 2.34. The molecule has 1 aromatic carbocycles. The number of nitrogens with zero attached hydrogens (tertiary/aromatic N) is 1. The first-order valence-corrected chi connectivity index (χ1v) is 9.35. The summed E-state index contributed by atoms with van der Waals surface area (Å²) in [5.74, 6) is 1.56. The molecule has 3 heterocycles. The van der Waals surface area contributed by atoms with Crippen LogP contribution in [0, 0.1) is 0 Å². The number of hydrogen-bond donors (Lipinski definition) is 1. The van der Waals surface area contributed by atoms with Crippen LogP contribution in [0.3, 0.4) is 0 Å². The van der Waals surface area contributed by atoms with E-state index in [2.05, 4.69) is 11.0 Å². The van der Waals surface area contributed by atoms with E-state index in [-0.39, 0.29) is 5.75 Å². The lowest BCUT2D eigenvalue weighted by atomic mass is 9.86. The zero-order valence-electron chi connectivity index (χ0n) is 13.1. The van der Waals surface area contributed by atoms with Crippen molar-refractivity contribution in [1.29, 1.82) is 0 Å². The Bertz CT molecular complexity index is 743. The number of hydrogen-bond acceptors (Lipinski definition) is 4. The van der Waals surface area contributed by atoms with Gasteiger partial charge in [-0.3, -0.25) is 4.90 Å². The molecule has 1 atom stereocenters. The van der Waals surface area contributed by atoms with E-state index in [9.17, 15) is 5.11 Å². The zero-order valence-corrected chi connectivity index (χ0v) is 14.7. The number of aromatic hydroxyl groups is 1. The molecule has 2 aliphatic rings. The molecule has 5 heteroatoms. The molecule has 1 unspecified atom stereocenters. The van der Waals surface area contributed by atoms with E-state index in [0.29, 0.717) is 17.7 Å². The number of phenolic OH excluding ortho intramolecular Hbond substituents is 1. The summed E-state index contributed by atoms with van der Waals surface area (Å²) in [6, 6.07) is 6.61. The lowest BCUT2D eigenvalue weighted by molar-refractivity contribution is 0.159. The molecule has 0 fully saturated rings. The summed E-state index contributed by atoms with van der Waals surface area (Å²) < 4.78 is 5.44. The molecular formula is C18H20ClNO2S. The number of rotatable bonds is 3. The Morgan fingerprint density at radius 2 is 2.30 bits per heavy atom. The van der Waals surface area contributed by atoms with Gasteiger partial charge in [-0.1, -0.05) is 6.07 Å². The number of fused-ring (bicyclic) bond motifs is 4. The van der Waals surface area contributed by atoms with Gasteiger partial charge in [0.25, 0.3) is 0 Å². The second-order valence-electron chi connectivity index (χ2n) is 6.23. The normalized spacial score (nSPS) is 19.8. The van der Waals surface area contributed by atoms with Crippen molar-refractivity contribution in [2.75, 3.05) is 19.5 Å². The first kappa shape index (κ1) is 15.3. The van der Waals surface area contributed by atoms with Gasteiger partial charge in [-0.2, -0.15) is 0 Å². The van der Waals surface area contributed by atoms with Crippen molar-refractivity contribution in [3.8, 4) is 11.5 Å². The SMILES string of the molecule is COc1c(O)ccc2c1CN1CCc3sc(CCCl)cc3C1C2. The maximum atomic E-state index is 10.0. The van der Waals surface area contributed by atoms with Gasteiger partial charge in [0, 0.05) is 40.3 Å².